The smallest absolute Gasteiger partial charge is 0.237 e. The van der Waals surface area contributed by atoms with Crippen LogP contribution in [0.5, 0.6) is 0 Å². The summed E-state index contributed by atoms with van der Waals surface area (Å²) in [4.78, 5) is 25.0. The number of hydrogen-bond donors (Lipinski definition) is 2. The first-order valence-electron chi connectivity index (χ1n) is 9.73. The Morgan fingerprint density at radius 3 is 2.33 bits per heavy atom. The fourth-order valence-corrected chi connectivity index (χ4v) is 3.72. The van der Waals surface area contributed by atoms with Crippen molar-refractivity contribution in [1.82, 2.24) is 14.8 Å². The number of carbonyl (C=O) groups excluding carboxylic acids is 2. The van der Waals surface area contributed by atoms with E-state index < -0.39 is 0 Å². The highest BCUT2D eigenvalue weighted by Crippen LogP contribution is 2.25. The van der Waals surface area contributed by atoms with Crippen LogP contribution in [0.1, 0.15) is 24.7 Å². The van der Waals surface area contributed by atoms with Gasteiger partial charge in [-0.05, 0) is 37.6 Å². The van der Waals surface area contributed by atoms with Crippen LogP contribution in [0.15, 0.2) is 59.8 Å². The lowest BCUT2D eigenvalue weighted by Gasteiger charge is -2.14. The zero-order valence-electron chi connectivity index (χ0n) is 17.3. The highest BCUT2D eigenvalue weighted by molar-refractivity contribution is 8.00. The molecule has 156 valence electrons. The van der Waals surface area contributed by atoms with E-state index >= 15 is 0 Å². The van der Waals surface area contributed by atoms with Crippen LogP contribution in [-0.2, 0) is 23.1 Å². The molecule has 1 atom stereocenters. The summed E-state index contributed by atoms with van der Waals surface area (Å²) >= 11 is 1.34. The van der Waals surface area contributed by atoms with Crippen LogP contribution in [0.2, 0.25) is 0 Å². The van der Waals surface area contributed by atoms with E-state index in [1.165, 1.54) is 11.8 Å². The fourth-order valence-electron chi connectivity index (χ4n) is 2.78. The highest BCUT2D eigenvalue weighted by atomic mass is 32.2. The van der Waals surface area contributed by atoms with Gasteiger partial charge in [-0.15, -0.1) is 10.2 Å². The molecule has 0 fully saturated rings. The van der Waals surface area contributed by atoms with Crippen molar-refractivity contribution < 1.29 is 9.59 Å². The van der Waals surface area contributed by atoms with E-state index in [9.17, 15) is 9.59 Å². The van der Waals surface area contributed by atoms with Crippen molar-refractivity contribution in [3.05, 3.63) is 66.0 Å². The van der Waals surface area contributed by atoms with Crippen LogP contribution >= 0.6 is 11.8 Å². The fraction of sp³-hybridized carbons (Fsp3) is 0.273. The molecular formula is C22H25N5O2S. The summed E-state index contributed by atoms with van der Waals surface area (Å²) < 4.78 is 1.76. The van der Waals surface area contributed by atoms with Crippen LogP contribution in [0.4, 0.5) is 11.4 Å². The summed E-state index contributed by atoms with van der Waals surface area (Å²) in [6.45, 7) is 3.95. The van der Waals surface area contributed by atoms with Gasteiger partial charge in [-0.2, -0.15) is 0 Å². The molecule has 0 bridgehead atoms. The molecule has 0 saturated carbocycles. The van der Waals surface area contributed by atoms with Crippen LogP contribution in [-0.4, -0.2) is 31.8 Å². The minimum absolute atomic E-state index is 0.0876. The number of rotatable bonds is 8. The van der Waals surface area contributed by atoms with E-state index in [-0.39, 0.29) is 23.5 Å². The van der Waals surface area contributed by atoms with E-state index in [4.69, 9.17) is 0 Å². The van der Waals surface area contributed by atoms with Crippen molar-refractivity contribution in [3.63, 3.8) is 0 Å². The van der Waals surface area contributed by atoms with Gasteiger partial charge in [-0.3, -0.25) is 9.59 Å². The first-order valence-corrected chi connectivity index (χ1v) is 10.6. The second-order valence-electron chi connectivity index (χ2n) is 6.92. The van der Waals surface area contributed by atoms with Gasteiger partial charge in [0, 0.05) is 18.4 Å². The maximum atomic E-state index is 12.6. The van der Waals surface area contributed by atoms with Gasteiger partial charge in [0.25, 0.3) is 0 Å². The molecule has 7 nitrogen and oxygen atoms in total. The van der Waals surface area contributed by atoms with E-state index in [2.05, 4.69) is 20.8 Å². The van der Waals surface area contributed by atoms with Crippen molar-refractivity contribution in [1.29, 1.82) is 0 Å². The average Bonchev–Trinajstić information content (AvgIpc) is 3.07. The van der Waals surface area contributed by atoms with Crippen molar-refractivity contribution in [2.75, 3.05) is 10.6 Å². The molecule has 1 heterocycles. The van der Waals surface area contributed by atoms with Crippen LogP contribution in [0.25, 0.3) is 0 Å². The van der Waals surface area contributed by atoms with Crippen molar-refractivity contribution in [2.45, 2.75) is 37.1 Å². The number of nitrogens with one attached hydrogen (secondary N) is 2. The highest BCUT2D eigenvalue weighted by Gasteiger charge is 2.22. The molecule has 2 aromatic carbocycles. The van der Waals surface area contributed by atoms with E-state index in [1.807, 2.05) is 68.4 Å². The molecular weight excluding hydrogens is 398 g/mol. The minimum atomic E-state index is -0.317. The van der Waals surface area contributed by atoms with Crippen molar-refractivity contribution >= 4 is 35.0 Å². The van der Waals surface area contributed by atoms with Crippen LogP contribution < -0.4 is 10.6 Å². The summed E-state index contributed by atoms with van der Waals surface area (Å²) in [5.41, 5.74) is 2.63. The first-order chi connectivity index (χ1) is 14.5. The van der Waals surface area contributed by atoms with Gasteiger partial charge in [-0.25, -0.2) is 0 Å². The molecule has 3 rings (SSSR count). The van der Waals surface area contributed by atoms with Gasteiger partial charge < -0.3 is 15.2 Å². The quantitative estimate of drug-likeness (QED) is 0.538. The second kappa shape index (κ2) is 10.1. The average molecular weight is 424 g/mol. The van der Waals surface area contributed by atoms with Gasteiger partial charge >= 0.3 is 0 Å². The number of amides is 2. The molecule has 0 spiro atoms. The van der Waals surface area contributed by atoms with E-state index in [0.717, 1.165) is 16.9 Å². The molecule has 0 saturated heterocycles. The molecule has 2 N–H and O–H groups in total. The molecule has 0 radical (unpaired) electrons. The molecule has 0 unspecified atom stereocenters. The van der Waals surface area contributed by atoms with Crippen molar-refractivity contribution in [3.8, 4) is 0 Å². The largest absolute Gasteiger partial charge is 0.326 e. The van der Waals surface area contributed by atoms with Gasteiger partial charge in [0.1, 0.15) is 5.82 Å². The number of hydrogen-bond acceptors (Lipinski definition) is 5. The van der Waals surface area contributed by atoms with E-state index in [0.29, 0.717) is 17.4 Å². The number of carbonyl (C=O) groups is 2. The summed E-state index contributed by atoms with van der Waals surface area (Å²) in [6, 6.07) is 17.0. The number of thioether (sulfide) groups is 1. The zero-order chi connectivity index (χ0) is 21.5. The molecule has 1 aromatic heterocycles. The third-order valence-electron chi connectivity index (χ3n) is 4.53. The lowest BCUT2D eigenvalue weighted by molar-refractivity contribution is -0.116. The lowest BCUT2D eigenvalue weighted by Crippen LogP contribution is -2.25. The Balaban J connectivity index is 1.61. The van der Waals surface area contributed by atoms with Crippen LogP contribution in [0, 0.1) is 6.92 Å². The maximum Gasteiger partial charge on any atom is 0.237 e. The standard InChI is InChI=1S/C22H25N5O2S/c1-4-18(21(29)24-16-8-6-5-7-9-16)30-22-26-25-19(27(22)3)14-20(28)23-17-12-10-15(2)11-13-17/h5-13,18H,4,14H2,1-3H3,(H,23,28)(H,24,29)/t18-/m0/s1. The molecule has 0 aliphatic heterocycles. The molecule has 8 heteroatoms. The molecule has 0 aliphatic carbocycles. The Kier molecular flexibility index (Phi) is 7.24. The van der Waals surface area contributed by atoms with Gasteiger partial charge in [0.2, 0.25) is 11.8 Å². The van der Waals surface area contributed by atoms with Crippen molar-refractivity contribution in [2.24, 2.45) is 7.05 Å². The van der Waals surface area contributed by atoms with E-state index in [1.54, 1.807) is 11.6 Å². The SMILES string of the molecule is CC[C@H](Sc1nnc(CC(=O)Nc2ccc(C)cc2)n1C)C(=O)Nc1ccccc1. The Hall–Kier alpha value is -3.13. The molecule has 3 aromatic rings. The minimum Gasteiger partial charge on any atom is -0.326 e. The predicted octanol–water partition coefficient (Wildman–Crippen LogP) is 3.81. The number of aryl methyl sites for hydroxylation is 1. The number of aromatic nitrogens is 3. The van der Waals surface area contributed by atoms with Crippen LogP contribution in [0.3, 0.4) is 0 Å². The number of anilines is 2. The first kappa shape index (κ1) is 21.6. The Morgan fingerprint density at radius 2 is 1.67 bits per heavy atom. The summed E-state index contributed by atoms with van der Waals surface area (Å²) in [5.74, 6) is 0.288. The number of nitrogens with zero attached hydrogens (tertiary/aromatic N) is 3. The molecule has 2 amide bonds. The zero-order valence-corrected chi connectivity index (χ0v) is 18.1. The van der Waals surface area contributed by atoms with Gasteiger partial charge in [-0.1, -0.05) is 54.6 Å². The molecule has 0 aliphatic rings. The molecule has 30 heavy (non-hydrogen) atoms. The summed E-state index contributed by atoms with van der Waals surface area (Å²) in [7, 11) is 1.80. The maximum absolute atomic E-state index is 12.6. The third kappa shape index (κ3) is 5.70. The number of benzene rings is 2. The lowest BCUT2D eigenvalue weighted by atomic mass is 10.2. The Morgan fingerprint density at radius 1 is 1.00 bits per heavy atom. The Labute approximate surface area is 180 Å². The third-order valence-corrected chi connectivity index (χ3v) is 5.93. The summed E-state index contributed by atoms with van der Waals surface area (Å²) in [6.07, 6.45) is 0.740. The number of para-hydroxylation sites is 1. The van der Waals surface area contributed by atoms with Gasteiger partial charge in [0.15, 0.2) is 5.16 Å². The summed E-state index contributed by atoms with van der Waals surface area (Å²) in [5, 5.41) is 14.4. The Bertz CT molecular complexity index is 1000. The van der Waals surface area contributed by atoms with Gasteiger partial charge in [0.05, 0.1) is 11.7 Å². The predicted molar refractivity (Wildman–Crippen MR) is 120 cm³/mol. The normalized spacial score (nSPS) is 11.7. The second-order valence-corrected chi connectivity index (χ2v) is 8.09. The monoisotopic (exact) mass is 423 g/mol. The topological polar surface area (TPSA) is 88.9 Å².